The molecule has 1 rings (SSSR count). The maximum absolute atomic E-state index is 10.8. The Bertz CT molecular complexity index is 593. The van der Waals surface area contributed by atoms with Crippen LogP contribution in [0.1, 0.15) is 11.1 Å². The molecule has 0 spiro atoms. The largest absolute Gasteiger partial charge is 0.287 e. The number of nitrogens with zero attached hydrogens (tertiary/aromatic N) is 1. The second-order valence-electron chi connectivity index (χ2n) is 3.23. The summed E-state index contributed by atoms with van der Waals surface area (Å²) < 4.78 is 21.7. The van der Waals surface area contributed by atoms with E-state index in [-0.39, 0.29) is 11.3 Å². The molecule has 0 aliphatic carbocycles. The highest BCUT2D eigenvalue weighted by Gasteiger charge is 2.15. The van der Waals surface area contributed by atoms with Crippen LogP contribution in [-0.2, 0) is 9.84 Å². The van der Waals surface area contributed by atoms with Gasteiger partial charge in [0.05, 0.1) is 11.2 Å². The standard InChI is InChI=1S/C10H9NO4S/c1-8-4-3-5-9(10(8)11(12)13)6-7-16(2,14)15/h3-5H,1-2H3. The summed E-state index contributed by atoms with van der Waals surface area (Å²) in [4.78, 5) is 10.2. The lowest BCUT2D eigenvalue weighted by molar-refractivity contribution is -0.385. The third-order valence-electron chi connectivity index (χ3n) is 1.79. The van der Waals surface area contributed by atoms with E-state index in [1.807, 2.05) is 5.25 Å². The summed E-state index contributed by atoms with van der Waals surface area (Å²) in [7, 11) is -3.46. The molecule has 0 saturated carbocycles. The van der Waals surface area contributed by atoms with Crippen LogP contribution in [0.4, 0.5) is 5.69 Å². The minimum absolute atomic E-state index is 0.107. The first-order valence-corrected chi connectivity index (χ1v) is 6.17. The molecule has 0 atom stereocenters. The Morgan fingerprint density at radius 2 is 2.00 bits per heavy atom. The van der Waals surface area contributed by atoms with Crippen molar-refractivity contribution >= 4 is 15.5 Å². The first kappa shape index (κ1) is 12.2. The molecule has 6 heteroatoms. The topological polar surface area (TPSA) is 77.3 Å². The fourth-order valence-corrected chi connectivity index (χ4v) is 1.45. The average molecular weight is 239 g/mol. The van der Waals surface area contributed by atoms with E-state index in [4.69, 9.17) is 0 Å². The monoisotopic (exact) mass is 239 g/mol. The van der Waals surface area contributed by atoms with Gasteiger partial charge in [0.15, 0.2) is 0 Å². The third kappa shape index (κ3) is 3.07. The second-order valence-corrected chi connectivity index (χ2v) is 4.98. The van der Waals surface area contributed by atoms with Crippen molar-refractivity contribution in [1.82, 2.24) is 0 Å². The maximum atomic E-state index is 10.8. The number of para-hydroxylation sites is 1. The molecule has 0 unspecified atom stereocenters. The molecule has 0 aromatic heterocycles. The maximum Gasteiger partial charge on any atom is 0.287 e. The normalized spacial score (nSPS) is 10.4. The van der Waals surface area contributed by atoms with Crippen molar-refractivity contribution in [3.8, 4) is 11.2 Å². The van der Waals surface area contributed by atoms with E-state index in [2.05, 4.69) is 5.92 Å². The number of benzene rings is 1. The molecule has 0 N–H and O–H groups in total. The highest BCUT2D eigenvalue weighted by molar-refractivity contribution is 7.95. The minimum Gasteiger partial charge on any atom is -0.258 e. The number of nitro benzene ring substituents is 1. The van der Waals surface area contributed by atoms with E-state index >= 15 is 0 Å². The highest BCUT2D eigenvalue weighted by atomic mass is 32.2. The number of hydrogen-bond acceptors (Lipinski definition) is 4. The van der Waals surface area contributed by atoms with Gasteiger partial charge in [-0.15, -0.1) is 0 Å². The molecule has 5 nitrogen and oxygen atoms in total. The summed E-state index contributed by atoms with van der Waals surface area (Å²) in [6.07, 6.45) is 0.946. The van der Waals surface area contributed by atoms with Gasteiger partial charge >= 0.3 is 0 Å². The summed E-state index contributed by atoms with van der Waals surface area (Å²) in [5, 5.41) is 12.7. The molecule has 0 bridgehead atoms. The Balaban J connectivity index is 3.39. The molecular weight excluding hydrogens is 230 g/mol. The SMILES string of the molecule is Cc1cccc(C#CS(C)(=O)=O)c1[N+](=O)[O-]. The Labute approximate surface area is 93.2 Å². The van der Waals surface area contributed by atoms with Gasteiger partial charge in [-0.05, 0) is 18.9 Å². The van der Waals surface area contributed by atoms with E-state index < -0.39 is 14.8 Å². The number of sulfone groups is 1. The van der Waals surface area contributed by atoms with E-state index in [0.29, 0.717) is 5.56 Å². The van der Waals surface area contributed by atoms with Gasteiger partial charge in [0.25, 0.3) is 5.69 Å². The van der Waals surface area contributed by atoms with Crippen LogP contribution in [0.25, 0.3) is 0 Å². The molecule has 84 valence electrons. The second kappa shape index (κ2) is 4.33. The van der Waals surface area contributed by atoms with Crippen molar-refractivity contribution < 1.29 is 13.3 Å². The molecule has 0 aliphatic heterocycles. The Hall–Kier alpha value is -1.87. The van der Waals surface area contributed by atoms with Gasteiger partial charge in [-0.25, -0.2) is 8.42 Å². The minimum atomic E-state index is -3.46. The molecule has 0 fully saturated rings. The van der Waals surface area contributed by atoms with Crippen LogP contribution in [0.3, 0.4) is 0 Å². The van der Waals surface area contributed by atoms with Crippen molar-refractivity contribution in [2.45, 2.75) is 6.92 Å². The average Bonchev–Trinajstić information content (AvgIpc) is 2.12. The van der Waals surface area contributed by atoms with Gasteiger partial charge < -0.3 is 0 Å². The van der Waals surface area contributed by atoms with Crippen molar-refractivity contribution in [2.24, 2.45) is 0 Å². The lowest BCUT2D eigenvalue weighted by Gasteiger charge is -1.98. The number of rotatable bonds is 1. The van der Waals surface area contributed by atoms with Gasteiger partial charge in [0.1, 0.15) is 5.56 Å². The smallest absolute Gasteiger partial charge is 0.258 e. The Kier molecular flexibility index (Phi) is 3.30. The van der Waals surface area contributed by atoms with Crippen LogP contribution < -0.4 is 0 Å². The van der Waals surface area contributed by atoms with E-state index in [0.717, 1.165) is 6.26 Å². The lowest BCUT2D eigenvalue weighted by Crippen LogP contribution is -1.96. The van der Waals surface area contributed by atoms with Crippen LogP contribution in [0.5, 0.6) is 0 Å². The molecule has 1 aromatic rings. The zero-order chi connectivity index (χ0) is 12.3. The van der Waals surface area contributed by atoms with Crippen molar-refractivity contribution in [3.63, 3.8) is 0 Å². The molecule has 0 heterocycles. The fourth-order valence-electron chi connectivity index (χ4n) is 1.15. The Morgan fingerprint density at radius 3 is 2.50 bits per heavy atom. The zero-order valence-electron chi connectivity index (χ0n) is 8.72. The summed E-state index contributed by atoms with van der Waals surface area (Å²) in [5.74, 6) is 2.30. The van der Waals surface area contributed by atoms with E-state index in [9.17, 15) is 18.5 Å². The number of aryl methyl sites for hydroxylation is 1. The Morgan fingerprint density at radius 1 is 1.38 bits per heavy atom. The number of nitro groups is 1. The van der Waals surface area contributed by atoms with Crippen LogP contribution in [0.15, 0.2) is 18.2 Å². The first-order valence-electron chi connectivity index (χ1n) is 4.28. The number of hydrogen-bond donors (Lipinski definition) is 0. The molecule has 0 radical (unpaired) electrons. The van der Waals surface area contributed by atoms with Gasteiger partial charge in [0, 0.05) is 10.8 Å². The lowest BCUT2D eigenvalue weighted by atomic mass is 10.1. The van der Waals surface area contributed by atoms with Crippen molar-refractivity contribution in [1.29, 1.82) is 0 Å². The quantitative estimate of drug-likeness (QED) is 0.420. The fraction of sp³-hybridized carbons (Fsp3) is 0.200. The summed E-state index contributed by atoms with van der Waals surface area (Å²) in [6.45, 7) is 1.57. The predicted molar refractivity (Wildman–Crippen MR) is 59.6 cm³/mol. The predicted octanol–water partition coefficient (Wildman–Crippen LogP) is 1.26. The van der Waals surface area contributed by atoms with E-state index in [1.165, 1.54) is 6.07 Å². The van der Waals surface area contributed by atoms with Crippen molar-refractivity contribution in [3.05, 3.63) is 39.4 Å². The van der Waals surface area contributed by atoms with Crippen LogP contribution in [-0.4, -0.2) is 19.6 Å². The van der Waals surface area contributed by atoms with Gasteiger partial charge in [-0.1, -0.05) is 12.1 Å². The van der Waals surface area contributed by atoms with Crippen LogP contribution in [0, 0.1) is 28.2 Å². The molecule has 16 heavy (non-hydrogen) atoms. The van der Waals surface area contributed by atoms with Crippen molar-refractivity contribution in [2.75, 3.05) is 6.26 Å². The van der Waals surface area contributed by atoms with Crippen LogP contribution >= 0.6 is 0 Å². The van der Waals surface area contributed by atoms with Gasteiger partial charge in [-0.2, -0.15) is 0 Å². The van der Waals surface area contributed by atoms with Gasteiger partial charge in [-0.3, -0.25) is 10.1 Å². The molecule has 0 saturated heterocycles. The van der Waals surface area contributed by atoms with E-state index in [1.54, 1.807) is 19.1 Å². The molecule has 1 aromatic carbocycles. The molecule has 0 amide bonds. The summed E-state index contributed by atoms with van der Waals surface area (Å²) >= 11 is 0. The third-order valence-corrected chi connectivity index (χ3v) is 2.26. The summed E-state index contributed by atoms with van der Waals surface area (Å²) in [5.41, 5.74) is 0.402. The highest BCUT2D eigenvalue weighted by Crippen LogP contribution is 2.21. The molecular formula is C10H9NO4S. The molecule has 0 aliphatic rings. The summed E-state index contributed by atoms with van der Waals surface area (Å²) in [6, 6.07) is 4.59. The first-order chi connectivity index (χ1) is 7.31. The van der Waals surface area contributed by atoms with Gasteiger partial charge in [0.2, 0.25) is 9.84 Å². The van der Waals surface area contributed by atoms with Crippen LogP contribution in [0.2, 0.25) is 0 Å². The zero-order valence-corrected chi connectivity index (χ0v) is 9.54.